The number of hydrogen-bond acceptors (Lipinski definition) is 4. The van der Waals surface area contributed by atoms with E-state index in [1.54, 1.807) is 31.4 Å². The molecule has 0 aliphatic rings. The maximum Gasteiger partial charge on any atom is 0.252 e. The second-order valence-electron chi connectivity index (χ2n) is 4.67. The van der Waals surface area contributed by atoms with Gasteiger partial charge in [-0.25, -0.2) is 9.37 Å². The number of carbonyl (C=O) groups excluding carboxylic acids is 1. The van der Waals surface area contributed by atoms with Gasteiger partial charge < -0.3 is 15.4 Å². The van der Waals surface area contributed by atoms with Gasteiger partial charge in [0.2, 0.25) is 0 Å². The number of hydrogen-bond donors (Lipinski definition) is 2. The number of methoxy groups -OCH3 is 1. The molecule has 0 bridgehead atoms. The molecule has 0 fully saturated rings. The van der Waals surface area contributed by atoms with Crippen molar-refractivity contribution in [2.24, 2.45) is 0 Å². The molecule has 2 N–H and O–H groups in total. The Labute approximate surface area is 128 Å². The molecule has 0 aliphatic heterocycles. The lowest BCUT2D eigenvalue weighted by Crippen LogP contribution is -2.25. The fraction of sp³-hybridized carbons (Fsp3) is 0.250. The summed E-state index contributed by atoms with van der Waals surface area (Å²) in [6, 6.07) is 9.35. The van der Waals surface area contributed by atoms with Crippen molar-refractivity contribution in [1.29, 1.82) is 0 Å². The lowest BCUT2D eigenvalue weighted by atomic mass is 10.2. The molecule has 2 aromatic rings. The van der Waals surface area contributed by atoms with Gasteiger partial charge in [-0.3, -0.25) is 4.79 Å². The Morgan fingerprint density at radius 1 is 1.23 bits per heavy atom. The van der Waals surface area contributed by atoms with Crippen LogP contribution < -0.4 is 10.6 Å². The molecule has 116 valence electrons. The van der Waals surface area contributed by atoms with Crippen molar-refractivity contribution in [1.82, 2.24) is 10.3 Å². The lowest BCUT2D eigenvalue weighted by molar-refractivity contribution is 0.0948. The van der Waals surface area contributed by atoms with Gasteiger partial charge in [0.05, 0.1) is 5.56 Å². The summed E-state index contributed by atoms with van der Waals surface area (Å²) in [6.07, 6.45) is 2.26. The van der Waals surface area contributed by atoms with E-state index >= 15 is 0 Å². The van der Waals surface area contributed by atoms with Crippen LogP contribution in [-0.4, -0.2) is 31.2 Å². The van der Waals surface area contributed by atoms with E-state index in [0.29, 0.717) is 24.5 Å². The smallest absolute Gasteiger partial charge is 0.252 e. The number of pyridine rings is 1. The zero-order valence-corrected chi connectivity index (χ0v) is 12.3. The number of carbonyl (C=O) groups is 1. The third kappa shape index (κ3) is 4.82. The molecule has 0 aliphatic carbocycles. The number of halogens is 1. The summed E-state index contributed by atoms with van der Waals surface area (Å²) in [5.74, 6) is 0.124. The largest absolute Gasteiger partial charge is 0.385 e. The molecule has 2 rings (SSSR count). The van der Waals surface area contributed by atoms with Crippen molar-refractivity contribution in [3.05, 3.63) is 54.0 Å². The lowest BCUT2D eigenvalue weighted by Gasteiger charge is -2.07. The third-order valence-electron chi connectivity index (χ3n) is 2.95. The molecule has 0 saturated carbocycles. The van der Waals surface area contributed by atoms with Gasteiger partial charge in [0.1, 0.15) is 11.6 Å². The maximum absolute atomic E-state index is 12.8. The molecule has 0 radical (unpaired) electrons. The van der Waals surface area contributed by atoms with E-state index < -0.39 is 0 Å². The summed E-state index contributed by atoms with van der Waals surface area (Å²) in [7, 11) is 1.62. The van der Waals surface area contributed by atoms with Crippen molar-refractivity contribution < 1.29 is 13.9 Å². The van der Waals surface area contributed by atoms with E-state index in [1.165, 1.54) is 18.3 Å². The first-order chi connectivity index (χ1) is 10.7. The summed E-state index contributed by atoms with van der Waals surface area (Å²) >= 11 is 0. The predicted octanol–water partition coefficient (Wildman–Crippen LogP) is 2.73. The molecular weight excluding hydrogens is 285 g/mol. The molecule has 1 aromatic carbocycles. The van der Waals surface area contributed by atoms with Crippen molar-refractivity contribution in [2.75, 3.05) is 25.6 Å². The van der Waals surface area contributed by atoms with Crippen LogP contribution in [0.1, 0.15) is 16.8 Å². The number of nitrogens with zero attached hydrogens (tertiary/aromatic N) is 1. The van der Waals surface area contributed by atoms with Crippen LogP contribution in [0.2, 0.25) is 0 Å². The highest BCUT2D eigenvalue weighted by atomic mass is 19.1. The van der Waals surface area contributed by atoms with E-state index in [4.69, 9.17) is 4.74 Å². The van der Waals surface area contributed by atoms with Gasteiger partial charge in [-0.05, 0) is 42.8 Å². The Bertz CT molecular complexity index is 600. The molecular formula is C16H18FN3O2. The van der Waals surface area contributed by atoms with E-state index in [2.05, 4.69) is 15.6 Å². The van der Waals surface area contributed by atoms with Gasteiger partial charge in [0, 0.05) is 32.1 Å². The van der Waals surface area contributed by atoms with Crippen LogP contribution >= 0.6 is 0 Å². The Morgan fingerprint density at radius 2 is 2.00 bits per heavy atom. The van der Waals surface area contributed by atoms with Crippen molar-refractivity contribution in [3.63, 3.8) is 0 Å². The van der Waals surface area contributed by atoms with Gasteiger partial charge in [-0.2, -0.15) is 0 Å². The minimum Gasteiger partial charge on any atom is -0.385 e. The number of benzene rings is 1. The maximum atomic E-state index is 12.8. The topological polar surface area (TPSA) is 63.2 Å². The summed E-state index contributed by atoms with van der Waals surface area (Å²) in [4.78, 5) is 16.0. The number of nitrogens with one attached hydrogen (secondary N) is 2. The van der Waals surface area contributed by atoms with Crippen LogP contribution in [0.15, 0.2) is 42.6 Å². The minimum absolute atomic E-state index is 0.170. The van der Waals surface area contributed by atoms with Gasteiger partial charge >= 0.3 is 0 Å². The van der Waals surface area contributed by atoms with Crippen LogP contribution in [-0.2, 0) is 4.74 Å². The highest BCUT2D eigenvalue weighted by Gasteiger charge is 2.05. The second-order valence-corrected chi connectivity index (χ2v) is 4.67. The van der Waals surface area contributed by atoms with Crippen LogP contribution in [0.25, 0.3) is 0 Å². The third-order valence-corrected chi connectivity index (χ3v) is 2.95. The Morgan fingerprint density at radius 3 is 2.64 bits per heavy atom. The van der Waals surface area contributed by atoms with Crippen molar-refractivity contribution in [3.8, 4) is 0 Å². The minimum atomic E-state index is -0.293. The highest BCUT2D eigenvalue weighted by Crippen LogP contribution is 2.15. The zero-order valence-electron chi connectivity index (χ0n) is 12.3. The average Bonchev–Trinajstić information content (AvgIpc) is 2.54. The molecule has 0 unspecified atom stereocenters. The molecule has 0 spiro atoms. The second kappa shape index (κ2) is 8.09. The zero-order chi connectivity index (χ0) is 15.8. The molecule has 22 heavy (non-hydrogen) atoms. The summed E-state index contributed by atoms with van der Waals surface area (Å²) in [5.41, 5.74) is 1.22. The summed E-state index contributed by atoms with van der Waals surface area (Å²) < 4.78 is 17.7. The summed E-state index contributed by atoms with van der Waals surface area (Å²) in [6.45, 7) is 1.17. The SMILES string of the molecule is COCCCNC(=O)c1ccc(Nc2ccc(F)cc2)nc1. The first-order valence-corrected chi connectivity index (χ1v) is 6.95. The predicted molar refractivity (Wildman–Crippen MR) is 82.7 cm³/mol. The van der Waals surface area contributed by atoms with Crippen molar-refractivity contribution >= 4 is 17.4 Å². The molecule has 1 amide bonds. The quantitative estimate of drug-likeness (QED) is 0.772. The molecule has 5 nitrogen and oxygen atoms in total. The van der Waals surface area contributed by atoms with Crippen LogP contribution in [0.5, 0.6) is 0 Å². The van der Waals surface area contributed by atoms with Crippen molar-refractivity contribution in [2.45, 2.75) is 6.42 Å². The monoisotopic (exact) mass is 303 g/mol. The molecule has 0 atom stereocenters. The summed E-state index contributed by atoms with van der Waals surface area (Å²) in [5, 5.41) is 5.82. The van der Waals surface area contributed by atoms with E-state index in [9.17, 15) is 9.18 Å². The number of anilines is 2. The van der Waals surface area contributed by atoms with E-state index in [0.717, 1.165) is 12.1 Å². The van der Waals surface area contributed by atoms with Crippen LogP contribution in [0.3, 0.4) is 0 Å². The number of rotatable bonds is 7. The average molecular weight is 303 g/mol. The first kappa shape index (κ1) is 15.9. The Kier molecular flexibility index (Phi) is 5.85. The number of amides is 1. The Balaban J connectivity index is 1.89. The fourth-order valence-corrected chi connectivity index (χ4v) is 1.80. The fourth-order valence-electron chi connectivity index (χ4n) is 1.80. The van der Waals surface area contributed by atoms with Crippen LogP contribution in [0.4, 0.5) is 15.9 Å². The van der Waals surface area contributed by atoms with Gasteiger partial charge in [0.15, 0.2) is 0 Å². The molecule has 0 saturated heterocycles. The Hall–Kier alpha value is -2.47. The molecule has 1 aromatic heterocycles. The van der Waals surface area contributed by atoms with E-state index in [-0.39, 0.29) is 11.7 Å². The van der Waals surface area contributed by atoms with Crippen LogP contribution in [0, 0.1) is 5.82 Å². The van der Waals surface area contributed by atoms with Gasteiger partial charge in [-0.15, -0.1) is 0 Å². The van der Waals surface area contributed by atoms with Gasteiger partial charge in [0.25, 0.3) is 5.91 Å². The standard InChI is InChI=1S/C16H18FN3O2/c1-22-10-2-9-18-16(21)12-3-8-15(19-11-12)20-14-6-4-13(17)5-7-14/h3-8,11H,2,9-10H2,1H3,(H,18,21)(H,19,20). The number of aromatic nitrogens is 1. The molecule has 6 heteroatoms. The van der Waals surface area contributed by atoms with Gasteiger partial charge in [-0.1, -0.05) is 0 Å². The van der Waals surface area contributed by atoms with E-state index in [1.807, 2.05) is 0 Å². The number of ether oxygens (including phenoxy) is 1. The molecule has 1 heterocycles. The normalized spacial score (nSPS) is 10.3. The highest BCUT2D eigenvalue weighted by molar-refractivity contribution is 5.94. The first-order valence-electron chi connectivity index (χ1n) is 6.95.